The summed E-state index contributed by atoms with van der Waals surface area (Å²) >= 11 is 0. The number of hydrogen-bond donors (Lipinski definition) is 4. The van der Waals surface area contributed by atoms with E-state index in [0.29, 0.717) is 5.69 Å². The van der Waals surface area contributed by atoms with Crippen LogP contribution < -0.4 is 15.8 Å². The van der Waals surface area contributed by atoms with Crippen molar-refractivity contribution in [2.45, 2.75) is 4.90 Å². The summed E-state index contributed by atoms with van der Waals surface area (Å²) in [6.07, 6.45) is 0. The lowest BCUT2D eigenvalue weighted by Gasteiger charge is -2.09. The Morgan fingerprint density at radius 1 is 1.00 bits per heavy atom. The summed E-state index contributed by atoms with van der Waals surface area (Å²) in [5.74, 6) is -0.0581. The van der Waals surface area contributed by atoms with Gasteiger partial charge in [-0.25, -0.2) is 18.4 Å². The zero-order valence-electron chi connectivity index (χ0n) is 10.8. The predicted molar refractivity (Wildman–Crippen MR) is 78.6 cm³/mol. The smallest absolute Gasteiger partial charge is 0.323 e. The standard InChI is InChI=1S/C13H13N3O4S/c14-21(19,20)10-7-5-9(6-8-10)15-13(18)16-11-3-1-2-4-12(11)17/h1-8,17H,(H2,14,19,20)(H2,15,16,18). The van der Waals surface area contributed by atoms with Crippen LogP contribution in [0.25, 0.3) is 0 Å². The third-order valence-electron chi connectivity index (χ3n) is 2.59. The van der Waals surface area contributed by atoms with Gasteiger partial charge in [0.2, 0.25) is 10.0 Å². The first-order chi connectivity index (χ1) is 9.86. The fraction of sp³-hybridized carbons (Fsp3) is 0. The van der Waals surface area contributed by atoms with E-state index >= 15 is 0 Å². The van der Waals surface area contributed by atoms with E-state index in [9.17, 15) is 18.3 Å². The lowest BCUT2D eigenvalue weighted by molar-refractivity contribution is 0.262. The number of phenolic OH excluding ortho intramolecular Hbond substituents is 1. The van der Waals surface area contributed by atoms with Gasteiger partial charge >= 0.3 is 6.03 Å². The number of primary sulfonamides is 1. The molecule has 7 nitrogen and oxygen atoms in total. The van der Waals surface area contributed by atoms with Gasteiger partial charge in [0.1, 0.15) is 5.75 Å². The van der Waals surface area contributed by atoms with E-state index in [4.69, 9.17) is 5.14 Å². The van der Waals surface area contributed by atoms with Crippen LogP contribution in [-0.2, 0) is 10.0 Å². The SMILES string of the molecule is NS(=O)(=O)c1ccc(NC(=O)Nc2ccccc2O)cc1. The van der Waals surface area contributed by atoms with E-state index in [-0.39, 0.29) is 16.3 Å². The van der Waals surface area contributed by atoms with Gasteiger partial charge in [-0.3, -0.25) is 0 Å². The van der Waals surface area contributed by atoms with Crippen LogP contribution in [0.3, 0.4) is 0 Å². The minimum atomic E-state index is -3.76. The van der Waals surface area contributed by atoms with Crippen LogP contribution in [0.4, 0.5) is 16.2 Å². The number of para-hydroxylation sites is 2. The van der Waals surface area contributed by atoms with Crippen molar-refractivity contribution in [2.75, 3.05) is 10.6 Å². The first kappa shape index (κ1) is 14.8. The largest absolute Gasteiger partial charge is 0.506 e. The van der Waals surface area contributed by atoms with Crippen molar-refractivity contribution < 1.29 is 18.3 Å². The van der Waals surface area contributed by atoms with Crippen molar-refractivity contribution in [1.82, 2.24) is 0 Å². The van der Waals surface area contributed by atoms with E-state index in [1.165, 1.54) is 30.3 Å². The summed E-state index contributed by atoms with van der Waals surface area (Å²) in [6.45, 7) is 0. The number of aromatic hydroxyl groups is 1. The van der Waals surface area contributed by atoms with Crippen molar-refractivity contribution in [3.63, 3.8) is 0 Å². The van der Waals surface area contributed by atoms with Gasteiger partial charge in [-0.1, -0.05) is 12.1 Å². The number of carbonyl (C=O) groups excluding carboxylic acids is 1. The zero-order valence-corrected chi connectivity index (χ0v) is 11.6. The molecule has 0 radical (unpaired) electrons. The molecule has 0 aliphatic rings. The minimum absolute atomic E-state index is 0.0471. The second-order valence-corrected chi connectivity index (χ2v) is 5.73. The molecule has 0 heterocycles. The van der Waals surface area contributed by atoms with Crippen molar-refractivity contribution in [2.24, 2.45) is 5.14 Å². The predicted octanol–water partition coefficient (Wildman–Crippen LogP) is 1.68. The van der Waals surface area contributed by atoms with E-state index < -0.39 is 16.1 Å². The molecule has 0 atom stereocenters. The highest BCUT2D eigenvalue weighted by Crippen LogP contribution is 2.21. The summed E-state index contributed by atoms with van der Waals surface area (Å²) in [7, 11) is -3.76. The highest BCUT2D eigenvalue weighted by Gasteiger charge is 2.09. The summed E-state index contributed by atoms with van der Waals surface area (Å²) < 4.78 is 22.2. The van der Waals surface area contributed by atoms with Crippen LogP contribution in [-0.4, -0.2) is 19.6 Å². The van der Waals surface area contributed by atoms with Gasteiger partial charge in [-0.15, -0.1) is 0 Å². The van der Waals surface area contributed by atoms with Crippen LogP contribution in [0.15, 0.2) is 53.4 Å². The number of hydrogen-bond acceptors (Lipinski definition) is 4. The Morgan fingerprint density at radius 2 is 1.62 bits per heavy atom. The normalized spacial score (nSPS) is 10.9. The number of nitrogens with one attached hydrogen (secondary N) is 2. The molecule has 0 aliphatic carbocycles. The van der Waals surface area contributed by atoms with E-state index in [1.54, 1.807) is 18.2 Å². The number of sulfonamides is 1. The Bertz CT molecular complexity index is 757. The summed E-state index contributed by atoms with van der Waals surface area (Å²) in [5.41, 5.74) is 0.645. The molecule has 0 spiro atoms. The lowest BCUT2D eigenvalue weighted by atomic mass is 10.3. The number of phenols is 1. The molecule has 110 valence electrons. The second-order valence-electron chi connectivity index (χ2n) is 4.17. The Hall–Kier alpha value is -2.58. The number of amides is 2. The molecule has 2 aromatic rings. The molecule has 2 amide bonds. The molecule has 0 saturated heterocycles. The van der Waals surface area contributed by atoms with Crippen LogP contribution >= 0.6 is 0 Å². The minimum Gasteiger partial charge on any atom is -0.506 e. The van der Waals surface area contributed by atoms with Gasteiger partial charge in [0.05, 0.1) is 10.6 Å². The third kappa shape index (κ3) is 3.94. The Labute approximate surface area is 121 Å². The number of nitrogens with two attached hydrogens (primary N) is 1. The average molecular weight is 307 g/mol. The molecule has 0 aliphatic heterocycles. The molecular weight excluding hydrogens is 294 g/mol. The maximum Gasteiger partial charge on any atom is 0.323 e. The van der Waals surface area contributed by atoms with Crippen LogP contribution in [0, 0.1) is 0 Å². The van der Waals surface area contributed by atoms with Gasteiger partial charge in [0.15, 0.2) is 0 Å². The second kappa shape index (κ2) is 5.81. The number of carbonyl (C=O) groups is 1. The van der Waals surface area contributed by atoms with Crippen molar-refractivity contribution in [3.8, 4) is 5.75 Å². The Morgan fingerprint density at radius 3 is 2.19 bits per heavy atom. The van der Waals surface area contributed by atoms with Gasteiger partial charge in [-0.05, 0) is 36.4 Å². The first-order valence-electron chi connectivity index (χ1n) is 5.85. The molecule has 0 bridgehead atoms. The van der Waals surface area contributed by atoms with Crippen molar-refractivity contribution >= 4 is 27.4 Å². The highest BCUT2D eigenvalue weighted by atomic mass is 32.2. The van der Waals surface area contributed by atoms with Gasteiger partial charge < -0.3 is 15.7 Å². The van der Waals surface area contributed by atoms with E-state index in [2.05, 4.69) is 10.6 Å². The van der Waals surface area contributed by atoms with Crippen molar-refractivity contribution in [1.29, 1.82) is 0 Å². The Balaban J connectivity index is 2.05. The van der Waals surface area contributed by atoms with Gasteiger partial charge in [0, 0.05) is 5.69 Å². The fourth-order valence-corrected chi connectivity index (χ4v) is 2.11. The summed E-state index contributed by atoms with van der Waals surface area (Å²) in [5, 5.41) is 19.5. The monoisotopic (exact) mass is 307 g/mol. The van der Waals surface area contributed by atoms with Crippen molar-refractivity contribution in [3.05, 3.63) is 48.5 Å². The number of benzene rings is 2. The fourth-order valence-electron chi connectivity index (χ4n) is 1.59. The number of rotatable bonds is 3. The van der Waals surface area contributed by atoms with Gasteiger partial charge in [-0.2, -0.15) is 0 Å². The quantitative estimate of drug-likeness (QED) is 0.644. The first-order valence-corrected chi connectivity index (χ1v) is 7.40. The summed E-state index contributed by atoms with van der Waals surface area (Å²) in [6, 6.07) is 11.1. The molecule has 5 N–H and O–H groups in total. The molecule has 0 saturated carbocycles. The maximum atomic E-state index is 11.7. The molecule has 8 heteroatoms. The van der Waals surface area contributed by atoms with Crippen LogP contribution in [0.5, 0.6) is 5.75 Å². The molecule has 21 heavy (non-hydrogen) atoms. The average Bonchev–Trinajstić information content (AvgIpc) is 2.41. The summed E-state index contributed by atoms with van der Waals surface area (Å²) in [4.78, 5) is 11.7. The molecule has 0 unspecified atom stereocenters. The molecule has 2 rings (SSSR count). The van der Waals surface area contributed by atoms with E-state index in [0.717, 1.165) is 0 Å². The topological polar surface area (TPSA) is 122 Å². The molecule has 2 aromatic carbocycles. The number of anilines is 2. The Kier molecular flexibility index (Phi) is 4.10. The van der Waals surface area contributed by atoms with E-state index in [1.807, 2.05) is 0 Å². The molecular formula is C13H13N3O4S. The third-order valence-corrected chi connectivity index (χ3v) is 3.52. The highest BCUT2D eigenvalue weighted by molar-refractivity contribution is 7.89. The van der Waals surface area contributed by atoms with Crippen LogP contribution in [0.1, 0.15) is 0 Å². The maximum absolute atomic E-state index is 11.7. The van der Waals surface area contributed by atoms with Gasteiger partial charge in [0.25, 0.3) is 0 Å². The molecule has 0 aromatic heterocycles. The zero-order chi connectivity index (χ0) is 15.5. The molecule has 0 fully saturated rings. The van der Waals surface area contributed by atoms with Crippen LogP contribution in [0.2, 0.25) is 0 Å². The number of urea groups is 1. The lowest BCUT2D eigenvalue weighted by Crippen LogP contribution is -2.19.